The molecule has 3 aromatic rings. The fourth-order valence-electron chi connectivity index (χ4n) is 4.06. The lowest BCUT2D eigenvalue weighted by molar-refractivity contribution is -0.118. The molecule has 0 radical (unpaired) electrons. The monoisotopic (exact) mass is 497 g/mol. The quantitative estimate of drug-likeness (QED) is 0.275. The number of benzene rings is 2. The molecule has 2 amide bonds. The van der Waals surface area contributed by atoms with Crippen LogP contribution in [0.4, 0.5) is 11.4 Å². The number of nitrogens with zero attached hydrogens (tertiary/aromatic N) is 5. The first kappa shape index (κ1) is 25.3. The van der Waals surface area contributed by atoms with Gasteiger partial charge in [-0.1, -0.05) is 12.1 Å². The molecule has 1 aliphatic rings. The highest BCUT2D eigenvalue weighted by Gasteiger charge is 2.16. The van der Waals surface area contributed by atoms with E-state index in [1.807, 2.05) is 31.2 Å². The largest absolute Gasteiger partial charge is 0.478 e. The van der Waals surface area contributed by atoms with Gasteiger partial charge in [-0.25, -0.2) is 9.80 Å². The molecule has 1 fully saturated rings. The third-order valence-corrected chi connectivity index (χ3v) is 6.10. The van der Waals surface area contributed by atoms with Gasteiger partial charge >= 0.3 is 5.97 Å². The van der Waals surface area contributed by atoms with E-state index >= 15 is 0 Å². The summed E-state index contributed by atoms with van der Waals surface area (Å²) in [6.07, 6.45) is 6.80. The Bertz CT molecular complexity index is 1300. The zero-order valence-corrected chi connectivity index (χ0v) is 20.4. The fraction of sp³-hybridized carbons (Fsp3) is 0.179. The molecule has 0 unspecified atom stereocenters. The summed E-state index contributed by atoms with van der Waals surface area (Å²) in [7, 11) is 0. The Kier molecular flexibility index (Phi) is 8.05. The topological polar surface area (TPSA) is 106 Å². The van der Waals surface area contributed by atoms with Crippen molar-refractivity contribution in [1.29, 1.82) is 0 Å². The molecule has 9 heteroatoms. The number of hydrazone groups is 1. The molecular weight excluding hydrogens is 470 g/mol. The molecule has 1 saturated heterocycles. The Morgan fingerprint density at radius 2 is 1.68 bits per heavy atom. The van der Waals surface area contributed by atoms with E-state index in [1.165, 1.54) is 29.3 Å². The number of hydrogen-bond acceptors (Lipinski definition) is 6. The minimum absolute atomic E-state index is 0.121. The molecule has 0 saturated carbocycles. The van der Waals surface area contributed by atoms with Gasteiger partial charge in [0.1, 0.15) is 0 Å². The lowest BCUT2D eigenvalue weighted by atomic mass is 10.0. The third-order valence-electron chi connectivity index (χ3n) is 6.10. The predicted octanol–water partition coefficient (Wildman–Crippen LogP) is 3.53. The van der Waals surface area contributed by atoms with Crippen molar-refractivity contribution in [2.24, 2.45) is 5.10 Å². The normalized spacial score (nSPS) is 14.3. The van der Waals surface area contributed by atoms with Crippen LogP contribution in [0.25, 0.3) is 6.08 Å². The number of hydrogen-bond donors (Lipinski definition) is 1. The predicted molar refractivity (Wildman–Crippen MR) is 143 cm³/mol. The molecular formula is C28H27N5O4. The average Bonchev–Trinajstić information content (AvgIpc) is 2.94. The van der Waals surface area contributed by atoms with Gasteiger partial charge in [-0.15, -0.1) is 0 Å². The molecule has 0 bridgehead atoms. The van der Waals surface area contributed by atoms with Crippen LogP contribution in [0.3, 0.4) is 0 Å². The highest BCUT2D eigenvalue weighted by atomic mass is 16.4. The third kappa shape index (κ3) is 6.26. The number of anilines is 2. The number of amides is 2. The van der Waals surface area contributed by atoms with E-state index in [0.29, 0.717) is 30.9 Å². The molecule has 9 nitrogen and oxygen atoms in total. The van der Waals surface area contributed by atoms with E-state index < -0.39 is 5.97 Å². The molecule has 1 N–H and O–H groups in total. The van der Waals surface area contributed by atoms with Crippen LogP contribution in [-0.2, 0) is 9.59 Å². The number of aromatic carboxylic acids is 1. The molecule has 1 aromatic heterocycles. The number of aromatic nitrogens is 1. The Morgan fingerprint density at radius 3 is 2.24 bits per heavy atom. The molecule has 4 rings (SSSR count). The molecule has 0 spiro atoms. The summed E-state index contributed by atoms with van der Waals surface area (Å²) in [6.45, 7) is 4.91. The first-order chi connectivity index (χ1) is 18.0. The van der Waals surface area contributed by atoms with Crippen molar-refractivity contribution >= 4 is 42.0 Å². The van der Waals surface area contributed by atoms with E-state index in [9.17, 15) is 14.4 Å². The average molecular weight is 498 g/mol. The van der Waals surface area contributed by atoms with Gasteiger partial charge in [-0.3, -0.25) is 14.6 Å². The van der Waals surface area contributed by atoms with Crippen molar-refractivity contribution in [2.45, 2.75) is 6.92 Å². The number of rotatable bonds is 9. The number of allylic oxidation sites excluding steroid dienone is 1. The standard InChI is InChI=1S/C28H27N5O4/c1-21(17-22-4-8-25(9-5-22)32-15-13-31(19-34)14-16-32)27(24-3-2-12-29-18-24)30-33(20-35)26-10-6-23(7-11-26)28(36)37/h2-12,17-20H,13-16H2,1H3,(H,36,37)/b21-17+,30-27+. The number of carbonyl (C=O) groups excluding carboxylic acids is 2. The second-order valence-electron chi connectivity index (χ2n) is 8.54. The number of carboxylic acids is 1. The summed E-state index contributed by atoms with van der Waals surface area (Å²) in [5.41, 5.74) is 4.72. The number of piperazine rings is 1. The van der Waals surface area contributed by atoms with Gasteiger partial charge in [0.25, 0.3) is 0 Å². The fourth-order valence-corrected chi connectivity index (χ4v) is 4.06. The Balaban J connectivity index is 1.61. The van der Waals surface area contributed by atoms with Crippen molar-refractivity contribution in [2.75, 3.05) is 36.1 Å². The van der Waals surface area contributed by atoms with Crippen LogP contribution in [0, 0.1) is 0 Å². The molecule has 1 aliphatic heterocycles. The van der Waals surface area contributed by atoms with Crippen LogP contribution in [0.2, 0.25) is 0 Å². The van der Waals surface area contributed by atoms with Crippen LogP contribution in [-0.4, -0.2) is 65.7 Å². The van der Waals surface area contributed by atoms with Crippen LogP contribution in [0.15, 0.2) is 83.7 Å². The minimum atomic E-state index is -1.04. The highest BCUT2D eigenvalue weighted by Crippen LogP contribution is 2.21. The Morgan fingerprint density at radius 1 is 0.973 bits per heavy atom. The van der Waals surface area contributed by atoms with Gasteiger partial charge in [0.05, 0.1) is 17.0 Å². The van der Waals surface area contributed by atoms with Gasteiger partial charge < -0.3 is 14.9 Å². The highest BCUT2D eigenvalue weighted by molar-refractivity contribution is 6.15. The first-order valence-electron chi connectivity index (χ1n) is 11.8. The number of carboxylic acid groups (broad SMARTS) is 1. The van der Waals surface area contributed by atoms with Gasteiger partial charge in [-0.2, -0.15) is 5.10 Å². The van der Waals surface area contributed by atoms with Crippen molar-refractivity contribution in [3.63, 3.8) is 0 Å². The van der Waals surface area contributed by atoms with E-state index in [-0.39, 0.29) is 5.56 Å². The zero-order chi connectivity index (χ0) is 26.2. The Hall–Kier alpha value is -4.79. The van der Waals surface area contributed by atoms with E-state index in [0.717, 1.165) is 41.9 Å². The lowest BCUT2D eigenvalue weighted by Crippen LogP contribution is -2.45. The van der Waals surface area contributed by atoms with Gasteiger partial charge in [0.2, 0.25) is 12.8 Å². The maximum atomic E-state index is 11.9. The summed E-state index contributed by atoms with van der Waals surface area (Å²) < 4.78 is 0. The van der Waals surface area contributed by atoms with Gasteiger partial charge in [-0.05, 0) is 72.7 Å². The SMILES string of the molecule is CC(=C\c1ccc(N2CCN(C=O)CC2)cc1)/C(=N\N(C=O)c1ccc(C(=O)O)cc1)c1cccnc1. The van der Waals surface area contributed by atoms with Crippen LogP contribution in [0.1, 0.15) is 28.4 Å². The molecule has 0 atom stereocenters. The van der Waals surface area contributed by atoms with Crippen molar-refractivity contribution in [3.05, 3.63) is 95.3 Å². The van der Waals surface area contributed by atoms with Crippen molar-refractivity contribution in [1.82, 2.24) is 9.88 Å². The van der Waals surface area contributed by atoms with Crippen molar-refractivity contribution < 1.29 is 19.5 Å². The van der Waals surface area contributed by atoms with E-state index in [4.69, 9.17) is 5.11 Å². The first-order valence-corrected chi connectivity index (χ1v) is 11.8. The molecule has 188 valence electrons. The Labute approximate surface area is 215 Å². The maximum Gasteiger partial charge on any atom is 0.335 e. The summed E-state index contributed by atoms with van der Waals surface area (Å²) in [5, 5.41) is 14.9. The number of pyridine rings is 1. The van der Waals surface area contributed by atoms with Gasteiger partial charge in [0.15, 0.2) is 0 Å². The van der Waals surface area contributed by atoms with Crippen molar-refractivity contribution in [3.8, 4) is 0 Å². The smallest absolute Gasteiger partial charge is 0.335 e. The van der Waals surface area contributed by atoms with Crippen LogP contribution >= 0.6 is 0 Å². The van der Waals surface area contributed by atoms with E-state index in [2.05, 4.69) is 27.1 Å². The molecule has 0 aliphatic carbocycles. The second kappa shape index (κ2) is 11.8. The minimum Gasteiger partial charge on any atom is -0.478 e. The van der Waals surface area contributed by atoms with Crippen LogP contribution < -0.4 is 9.91 Å². The molecule has 2 aromatic carbocycles. The number of carbonyl (C=O) groups is 3. The summed E-state index contributed by atoms with van der Waals surface area (Å²) in [5.74, 6) is -1.04. The summed E-state index contributed by atoms with van der Waals surface area (Å²) in [6, 6.07) is 17.7. The summed E-state index contributed by atoms with van der Waals surface area (Å²) >= 11 is 0. The van der Waals surface area contributed by atoms with E-state index in [1.54, 1.807) is 23.4 Å². The molecule has 2 heterocycles. The van der Waals surface area contributed by atoms with Crippen LogP contribution in [0.5, 0.6) is 0 Å². The lowest BCUT2D eigenvalue weighted by Gasteiger charge is -2.34. The second-order valence-corrected chi connectivity index (χ2v) is 8.54. The van der Waals surface area contributed by atoms with Gasteiger partial charge in [0, 0.05) is 49.8 Å². The maximum absolute atomic E-state index is 11.9. The molecule has 37 heavy (non-hydrogen) atoms. The zero-order valence-electron chi connectivity index (χ0n) is 20.4. The summed E-state index contributed by atoms with van der Waals surface area (Å²) in [4.78, 5) is 42.3.